The molecule has 2 aromatic heterocycles. The van der Waals surface area contributed by atoms with E-state index in [1.165, 1.54) is 12.1 Å². The number of aliphatic imine (C=N–C) groups is 2. The first-order valence-electron chi connectivity index (χ1n) is 10.6. The summed E-state index contributed by atoms with van der Waals surface area (Å²) in [4.78, 5) is 15.4. The molecule has 0 radical (unpaired) electrons. The molecular weight excluding hydrogens is 520 g/mol. The topological polar surface area (TPSA) is 74.6 Å². The zero-order valence-electron chi connectivity index (χ0n) is 18.4. The van der Waals surface area contributed by atoms with Crippen LogP contribution in [0.2, 0.25) is 0 Å². The Morgan fingerprint density at radius 1 is 1.14 bits per heavy atom. The monoisotopic (exact) mass is 538 g/mol. The summed E-state index contributed by atoms with van der Waals surface area (Å²) in [6.07, 6.45) is -7.58. The van der Waals surface area contributed by atoms with Gasteiger partial charge in [-0.3, -0.25) is 4.98 Å². The first-order valence-corrected chi connectivity index (χ1v) is 11.5. The number of halogens is 8. The molecule has 1 atom stereocenters. The average molecular weight is 538 g/mol. The molecule has 194 valence electrons. The van der Waals surface area contributed by atoms with Gasteiger partial charge in [0.25, 0.3) is 5.92 Å². The quantitative estimate of drug-likeness (QED) is 0.454. The highest BCUT2D eigenvalue weighted by Gasteiger charge is 2.45. The highest BCUT2D eigenvalue weighted by Crippen LogP contribution is 2.40. The molecule has 0 saturated heterocycles. The lowest BCUT2D eigenvalue weighted by Gasteiger charge is -2.32. The van der Waals surface area contributed by atoms with Crippen LogP contribution in [0.15, 0.2) is 39.8 Å². The predicted octanol–water partition coefficient (Wildman–Crippen LogP) is 6.21. The van der Waals surface area contributed by atoms with Crippen molar-refractivity contribution >= 4 is 34.5 Å². The SMILES string of the molecule is CCC1C=C(c2nc(C(F)(F)F)cs2)NC(=NC2CC(F)(F)C2)N=C1Nc1ccnc(C(F)(F)F)c1. The van der Waals surface area contributed by atoms with Crippen molar-refractivity contribution in [2.24, 2.45) is 15.9 Å². The average Bonchev–Trinajstić information content (AvgIpc) is 3.19. The fourth-order valence-corrected chi connectivity index (χ4v) is 4.32. The lowest BCUT2D eigenvalue weighted by molar-refractivity contribution is -0.141. The molecule has 0 aromatic carbocycles. The van der Waals surface area contributed by atoms with Crippen LogP contribution in [0.3, 0.4) is 0 Å². The van der Waals surface area contributed by atoms with E-state index < -0.39 is 54.5 Å². The van der Waals surface area contributed by atoms with Gasteiger partial charge in [-0.1, -0.05) is 6.92 Å². The number of rotatable bonds is 4. The molecule has 0 spiro atoms. The van der Waals surface area contributed by atoms with Crippen molar-refractivity contribution < 1.29 is 35.1 Å². The number of guanidine groups is 1. The van der Waals surface area contributed by atoms with Gasteiger partial charge < -0.3 is 10.6 Å². The lowest BCUT2D eigenvalue weighted by atomic mass is 9.89. The van der Waals surface area contributed by atoms with Gasteiger partial charge in [0.15, 0.2) is 5.69 Å². The largest absolute Gasteiger partial charge is 0.434 e. The van der Waals surface area contributed by atoms with E-state index >= 15 is 0 Å². The van der Waals surface area contributed by atoms with Gasteiger partial charge >= 0.3 is 12.4 Å². The molecule has 2 aliphatic rings. The Morgan fingerprint density at radius 3 is 2.42 bits per heavy atom. The lowest BCUT2D eigenvalue weighted by Crippen LogP contribution is -2.39. The van der Waals surface area contributed by atoms with Crippen LogP contribution in [0.5, 0.6) is 0 Å². The number of anilines is 1. The summed E-state index contributed by atoms with van der Waals surface area (Å²) in [6.45, 7) is 1.74. The minimum Gasteiger partial charge on any atom is -0.343 e. The van der Waals surface area contributed by atoms with Crippen LogP contribution in [0, 0.1) is 5.92 Å². The van der Waals surface area contributed by atoms with Crippen LogP contribution < -0.4 is 10.6 Å². The molecule has 1 unspecified atom stereocenters. The van der Waals surface area contributed by atoms with Crippen LogP contribution in [0.1, 0.15) is 42.6 Å². The zero-order chi connectivity index (χ0) is 26.3. The Labute approximate surface area is 203 Å². The number of nitrogens with zero attached hydrogens (tertiary/aromatic N) is 4. The Balaban J connectivity index is 1.71. The van der Waals surface area contributed by atoms with Gasteiger partial charge in [-0.15, -0.1) is 11.3 Å². The maximum atomic E-state index is 13.3. The Morgan fingerprint density at radius 2 is 1.83 bits per heavy atom. The fraction of sp³-hybridized carbons (Fsp3) is 0.429. The molecular formula is C21H18F8N6S. The first-order chi connectivity index (χ1) is 16.7. The highest BCUT2D eigenvalue weighted by molar-refractivity contribution is 7.10. The van der Waals surface area contributed by atoms with Crippen molar-refractivity contribution in [3.63, 3.8) is 0 Å². The van der Waals surface area contributed by atoms with Crippen molar-refractivity contribution in [3.8, 4) is 0 Å². The summed E-state index contributed by atoms with van der Waals surface area (Å²) in [6, 6.07) is 1.28. The molecule has 6 nitrogen and oxygen atoms in total. The Hall–Kier alpha value is -3.10. The molecule has 3 heterocycles. The molecule has 2 aromatic rings. The van der Waals surface area contributed by atoms with E-state index in [2.05, 4.69) is 30.6 Å². The van der Waals surface area contributed by atoms with Crippen molar-refractivity contribution in [1.82, 2.24) is 15.3 Å². The third kappa shape index (κ3) is 5.99. The van der Waals surface area contributed by atoms with Crippen LogP contribution >= 0.6 is 11.3 Å². The van der Waals surface area contributed by atoms with E-state index in [4.69, 9.17) is 0 Å². The van der Waals surface area contributed by atoms with Crippen LogP contribution in [-0.2, 0) is 12.4 Å². The Bertz CT molecular complexity index is 1210. The van der Waals surface area contributed by atoms with Crippen LogP contribution in [0.25, 0.3) is 5.70 Å². The minimum absolute atomic E-state index is 0.00880. The number of hydrogen-bond donors (Lipinski definition) is 2. The van der Waals surface area contributed by atoms with E-state index in [0.29, 0.717) is 17.8 Å². The summed E-state index contributed by atoms with van der Waals surface area (Å²) in [5, 5.41) is 6.36. The number of aromatic nitrogens is 2. The highest BCUT2D eigenvalue weighted by atomic mass is 32.1. The van der Waals surface area contributed by atoms with Crippen LogP contribution in [0.4, 0.5) is 40.8 Å². The smallest absolute Gasteiger partial charge is 0.343 e. The van der Waals surface area contributed by atoms with E-state index in [9.17, 15) is 35.1 Å². The van der Waals surface area contributed by atoms with Gasteiger partial charge in [-0.05, 0) is 24.6 Å². The maximum Gasteiger partial charge on any atom is 0.434 e. The van der Waals surface area contributed by atoms with E-state index in [-0.39, 0.29) is 28.2 Å². The number of hydrogen-bond acceptors (Lipinski definition) is 5. The van der Waals surface area contributed by atoms with Gasteiger partial charge in [0, 0.05) is 36.0 Å². The first kappa shape index (κ1) is 26.0. The molecule has 4 rings (SSSR count). The number of alkyl halides is 8. The summed E-state index contributed by atoms with van der Waals surface area (Å²) >= 11 is 0.714. The molecule has 15 heteroatoms. The Kier molecular flexibility index (Phi) is 6.79. The summed E-state index contributed by atoms with van der Waals surface area (Å²) in [5.74, 6) is -3.54. The molecule has 1 saturated carbocycles. The molecule has 0 amide bonds. The number of nitrogens with one attached hydrogen (secondary N) is 2. The fourth-order valence-electron chi connectivity index (χ4n) is 3.52. The maximum absolute atomic E-state index is 13.3. The number of pyridine rings is 1. The molecule has 1 aliphatic carbocycles. The van der Waals surface area contributed by atoms with Crippen molar-refractivity contribution in [1.29, 1.82) is 0 Å². The van der Waals surface area contributed by atoms with Gasteiger partial charge in [0.1, 0.15) is 16.5 Å². The van der Waals surface area contributed by atoms with Gasteiger partial charge in [-0.25, -0.2) is 18.8 Å². The second-order valence-electron chi connectivity index (χ2n) is 8.18. The molecule has 1 aliphatic heterocycles. The molecule has 0 bridgehead atoms. The van der Waals surface area contributed by atoms with Crippen molar-refractivity contribution in [2.75, 3.05) is 5.32 Å². The van der Waals surface area contributed by atoms with Crippen molar-refractivity contribution in [3.05, 3.63) is 46.2 Å². The second-order valence-corrected chi connectivity index (χ2v) is 9.03. The zero-order valence-corrected chi connectivity index (χ0v) is 19.2. The van der Waals surface area contributed by atoms with E-state index in [1.807, 2.05) is 0 Å². The van der Waals surface area contributed by atoms with Gasteiger partial charge in [0.05, 0.1) is 11.7 Å². The summed E-state index contributed by atoms with van der Waals surface area (Å²) in [5.41, 5.74) is -2.11. The van der Waals surface area contributed by atoms with Crippen molar-refractivity contribution in [2.45, 2.75) is 50.5 Å². The minimum atomic E-state index is -4.69. The predicted molar refractivity (Wildman–Crippen MR) is 118 cm³/mol. The molecule has 36 heavy (non-hydrogen) atoms. The second kappa shape index (κ2) is 9.41. The normalized spacial score (nSPS) is 21.8. The summed E-state index contributed by atoms with van der Waals surface area (Å²) < 4.78 is 105. The third-order valence-electron chi connectivity index (χ3n) is 5.35. The third-order valence-corrected chi connectivity index (χ3v) is 6.23. The van der Waals surface area contributed by atoms with E-state index in [1.54, 1.807) is 6.92 Å². The number of thiazole rings is 1. The summed E-state index contributed by atoms with van der Waals surface area (Å²) in [7, 11) is 0. The number of amidine groups is 1. The van der Waals surface area contributed by atoms with Crippen LogP contribution in [-0.4, -0.2) is 33.7 Å². The van der Waals surface area contributed by atoms with Gasteiger partial charge in [0.2, 0.25) is 5.96 Å². The molecule has 2 N–H and O–H groups in total. The van der Waals surface area contributed by atoms with E-state index in [0.717, 1.165) is 17.6 Å². The standard InChI is InChI=1S/C21H18F8N6S/c1-2-10-5-13(17-34-15(9-36-17)21(27,28)29)33-18(32-12-7-19(22,23)8-12)35-16(10)31-11-3-4-30-14(6-11)20(24,25)26/h3-6,9-10,12H,2,7-8H2,1H3,(H2,30,31,32,33,35). The molecule has 1 fully saturated rings. The van der Waals surface area contributed by atoms with Gasteiger partial charge in [-0.2, -0.15) is 31.3 Å².